The fourth-order valence-corrected chi connectivity index (χ4v) is 4.57. The molecule has 7 nitrogen and oxygen atoms in total. The van der Waals surface area contributed by atoms with Crippen molar-refractivity contribution in [2.45, 2.75) is 31.7 Å². The second kappa shape index (κ2) is 9.37. The Morgan fingerprint density at radius 2 is 1.86 bits per heavy atom. The van der Waals surface area contributed by atoms with Crippen LogP contribution in [0.1, 0.15) is 26.2 Å². The van der Waals surface area contributed by atoms with Crippen LogP contribution in [0.15, 0.2) is 24.3 Å². The summed E-state index contributed by atoms with van der Waals surface area (Å²) < 4.78 is 39.7. The molecule has 0 saturated carbocycles. The highest BCUT2D eigenvalue weighted by Crippen LogP contribution is 2.19. The van der Waals surface area contributed by atoms with Crippen LogP contribution in [0, 0.1) is 17.7 Å². The van der Waals surface area contributed by atoms with E-state index in [1.807, 2.05) is 11.8 Å². The number of nitrogens with two attached hydrogens (primary N) is 1. The van der Waals surface area contributed by atoms with Crippen molar-refractivity contribution in [1.82, 2.24) is 4.31 Å². The van der Waals surface area contributed by atoms with Crippen LogP contribution in [0.2, 0.25) is 0 Å². The van der Waals surface area contributed by atoms with Crippen molar-refractivity contribution in [2.75, 3.05) is 36.8 Å². The number of unbranched alkanes of at least 4 members (excludes halogenated alkanes) is 2. The molecule has 0 bridgehead atoms. The number of anilines is 1. The predicted molar refractivity (Wildman–Crippen MR) is 106 cm³/mol. The molecule has 1 atom stereocenters. The Morgan fingerprint density at radius 3 is 2.39 bits per heavy atom. The maximum atomic E-state index is 13.0. The first-order chi connectivity index (χ1) is 13.2. The predicted octanol–water partition coefficient (Wildman–Crippen LogP) is 1.25. The summed E-state index contributed by atoms with van der Waals surface area (Å²) in [6, 6.07) is 5.98. The molecule has 154 valence electrons. The van der Waals surface area contributed by atoms with Crippen LogP contribution in [-0.2, 0) is 14.8 Å². The average molecular weight is 411 g/mol. The molecular weight excluding hydrogens is 385 g/mol. The van der Waals surface area contributed by atoms with Crippen LogP contribution in [0.3, 0.4) is 0 Å². The van der Waals surface area contributed by atoms with E-state index in [0.29, 0.717) is 19.5 Å². The molecular formula is C19H26FN3O4S. The van der Waals surface area contributed by atoms with Gasteiger partial charge < -0.3 is 15.7 Å². The Hall–Kier alpha value is -2.15. The molecule has 1 heterocycles. The fraction of sp³-hybridized carbons (Fsp3) is 0.526. The van der Waals surface area contributed by atoms with E-state index in [-0.39, 0.29) is 18.9 Å². The number of aliphatic carboxylic acids is 1. The lowest BCUT2D eigenvalue weighted by Crippen LogP contribution is -2.57. The molecule has 0 aromatic heterocycles. The van der Waals surface area contributed by atoms with Gasteiger partial charge in [0.2, 0.25) is 10.0 Å². The fourth-order valence-electron chi connectivity index (χ4n) is 2.89. The van der Waals surface area contributed by atoms with Crippen molar-refractivity contribution in [1.29, 1.82) is 0 Å². The summed E-state index contributed by atoms with van der Waals surface area (Å²) in [6.07, 6.45) is 2.16. The standard InChI is InChI=1S/C19H26FN3O4S/c1-2-3-4-5-10-19(21,18(24)25)15-28(26,27)23-13-11-22(12-14-23)17-8-6-16(20)7-9-17/h6-9H,2-4,11-15,21H2,1H3,(H,24,25). The number of carboxylic acids is 1. The van der Waals surface area contributed by atoms with Crippen molar-refractivity contribution < 1.29 is 22.7 Å². The van der Waals surface area contributed by atoms with E-state index in [1.165, 1.54) is 16.4 Å². The summed E-state index contributed by atoms with van der Waals surface area (Å²) in [6.45, 7) is 3.19. The molecule has 3 N–H and O–H groups in total. The number of carboxylic acid groups (broad SMARTS) is 1. The SMILES string of the molecule is CCCCC#CC(N)(CS(=O)(=O)N1CCN(c2ccc(F)cc2)CC1)C(=O)O. The molecule has 1 aliphatic rings. The second-order valence-corrected chi connectivity index (χ2v) is 8.77. The number of rotatable bonds is 7. The summed E-state index contributed by atoms with van der Waals surface area (Å²) >= 11 is 0. The highest BCUT2D eigenvalue weighted by atomic mass is 32.2. The molecule has 9 heteroatoms. The lowest BCUT2D eigenvalue weighted by molar-refractivity contribution is -0.140. The van der Waals surface area contributed by atoms with Gasteiger partial charge in [-0.25, -0.2) is 17.6 Å². The van der Waals surface area contributed by atoms with E-state index in [2.05, 4.69) is 11.8 Å². The normalized spacial score (nSPS) is 17.5. The molecule has 1 saturated heterocycles. The summed E-state index contributed by atoms with van der Waals surface area (Å²) in [4.78, 5) is 13.5. The van der Waals surface area contributed by atoms with E-state index in [9.17, 15) is 22.7 Å². The molecule has 1 aliphatic heterocycles. The van der Waals surface area contributed by atoms with E-state index in [0.717, 1.165) is 18.5 Å². The van der Waals surface area contributed by atoms with Crippen LogP contribution < -0.4 is 10.6 Å². The lowest BCUT2D eigenvalue weighted by Gasteiger charge is -2.36. The van der Waals surface area contributed by atoms with Crippen molar-refractivity contribution in [2.24, 2.45) is 5.73 Å². The summed E-state index contributed by atoms with van der Waals surface area (Å²) in [5.41, 5.74) is 4.49. The topological polar surface area (TPSA) is 104 Å². The lowest BCUT2D eigenvalue weighted by atomic mass is 10.1. The molecule has 0 radical (unpaired) electrons. The van der Waals surface area contributed by atoms with Gasteiger partial charge in [-0.2, -0.15) is 4.31 Å². The zero-order valence-corrected chi connectivity index (χ0v) is 16.7. The third kappa shape index (κ3) is 5.67. The Bertz CT molecular complexity index is 840. The summed E-state index contributed by atoms with van der Waals surface area (Å²) in [5.74, 6) is 2.57. The van der Waals surface area contributed by atoms with Gasteiger partial charge in [0.25, 0.3) is 0 Å². The van der Waals surface area contributed by atoms with Gasteiger partial charge >= 0.3 is 5.97 Å². The van der Waals surface area contributed by atoms with Crippen LogP contribution >= 0.6 is 0 Å². The monoisotopic (exact) mass is 411 g/mol. The molecule has 0 amide bonds. The van der Waals surface area contributed by atoms with Gasteiger partial charge in [-0.1, -0.05) is 19.3 Å². The number of hydrogen-bond acceptors (Lipinski definition) is 5. The average Bonchev–Trinajstić information content (AvgIpc) is 2.65. The molecule has 1 fully saturated rings. The molecule has 0 aliphatic carbocycles. The van der Waals surface area contributed by atoms with E-state index >= 15 is 0 Å². The first-order valence-electron chi connectivity index (χ1n) is 9.18. The second-order valence-electron chi connectivity index (χ2n) is 6.80. The Balaban J connectivity index is 2.04. The first kappa shape index (κ1) is 22.1. The highest BCUT2D eigenvalue weighted by molar-refractivity contribution is 7.89. The number of benzene rings is 1. The van der Waals surface area contributed by atoms with E-state index < -0.39 is 27.3 Å². The van der Waals surface area contributed by atoms with Crippen LogP contribution in [0.5, 0.6) is 0 Å². The summed E-state index contributed by atoms with van der Waals surface area (Å²) in [7, 11) is -3.90. The molecule has 28 heavy (non-hydrogen) atoms. The molecule has 1 aromatic rings. The zero-order chi connectivity index (χ0) is 20.8. The number of carbonyl (C=O) groups is 1. The Labute approximate surface area is 165 Å². The van der Waals surface area contributed by atoms with Crippen molar-refractivity contribution in [3.63, 3.8) is 0 Å². The minimum Gasteiger partial charge on any atom is -0.479 e. The zero-order valence-electron chi connectivity index (χ0n) is 15.9. The first-order valence-corrected chi connectivity index (χ1v) is 10.8. The Morgan fingerprint density at radius 1 is 1.25 bits per heavy atom. The smallest absolute Gasteiger partial charge is 0.337 e. The van der Waals surface area contributed by atoms with Gasteiger partial charge in [0, 0.05) is 38.3 Å². The van der Waals surface area contributed by atoms with E-state index in [1.54, 1.807) is 12.1 Å². The van der Waals surface area contributed by atoms with Gasteiger partial charge in [-0.3, -0.25) is 0 Å². The van der Waals surface area contributed by atoms with Crippen LogP contribution in [0.25, 0.3) is 0 Å². The molecule has 0 spiro atoms. The number of sulfonamides is 1. The molecule has 2 rings (SSSR count). The number of piperazine rings is 1. The van der Waals surface area contributed by atoms with Gasteiger partial charge in [-0.15, -0.1) is 5.92 Å². The van der Waals surface area contributed by atoms with Gasteiger partial charge in [0.05, 0.1) is 0 Å². The van der Waals surface area contributed by atoms with Gasteiger partial charge in [-0.05, 0) is 30.7 Å². The third-order valence-electron chi connectivity index (χ3n) is 4.58. The minimum absolute atomic E-state index is 0.193. The van der Waals surface area contributed by atoms with Crippen molar-refractivity contribution >= 4 is 21.7 Å². The van der Waals surface area contributed by atoms with Crippen LogP contribution in [-0.4, -0.2) is 61.3 Å². The number of hydrogen-bond donors (Lipinski definition) is 2. The minimum atomic E-state index is -3.90. The van der Waals surface area contributed by atoms with Gasteiger partial charge in [0.1, 0.15) is 11.6 Å². The van der Waals surface area contributed by atoms with Crippen molar-refractivity contribution in [3.8, 4) is 11.8 Å². The van der Waals surface area contributed by atoms with E-state index in [4.69, 9.17) is 5.73 Å². The highest BCUT2D eigenvalue weighted by Gasteiger charge is 2.40. The number of halogens is 1. The Kier molecular flexibility index (Phi) is 7.41. The van der Waals surface area contributed by atoms with Crippen LogP contribution in [0.4, 0.5) is 10.1 Å². The molecule has 1 unspecified atom stereocenters. The number of nitrogens with zero attached hydrogens (tertiary/aromatic N) is 2. The summed E-state index contributed by atoms with van der Waals surface area (Å²) in [5, 5.41) is 9.41. The van der Waals surface area contributed by atoms with Crippen molar-refractivity contribution in [3.05, 3.63) is 30.1 Å². The van der Waals surface area contributed by atoms with Gasteiger partial charge in [0.15, 0.2) is 5.54 Å². The maximum absolute atomic E-state index is 13.0. The maximum Gasteiger partial charge on any atom is 0.337 e. The third-order valence-corrected chi connectivity index (χ3v) is 6.55. The molecule has 1 aromatic carbocycles. The quantitative estimate of drug-likeness (QED) is 0.517. The largest absolute Gasteiger partial charge is 0.479 e.